The molecule has 1 rings (SSSR count). The third-order valence-electron chi connectivity index (χ3n) is 1.43. The van der Waals surface area contributed by atoms with Crippen LogP contribution in [0.2, 0.25) is 0 Å². The molecule has 1 heteroatoms. The van der Waals surface area contributed by atoms with Gasteiger partial charge in [-0.05, 0) is 0 Å². The van der Waals surface area contributed by atoms with E-state index in [1.54, 1.807) is 0 Å². The predicted molar refractivity (Wildman–Crippen MR) is 46.0 cm³/mol. The molecular formula is C6H13I. The molecular weight excluding hydrogens is 199 g/mol. The van der Waals surface area contributed by atoms with Gasteiger partial charge in [0.25, 0.3) is 0 Å². The Hall–Kier alpha value is 0.600. The summed E-state index contributed by atoms with van der Waals surface area (Å²) >= 11 is -1.16. The van der Waals surface area contributed by atoms with E-state index in [9.17, 15) is 0 Å². The molecule has 0 bridgehead atoms. The third-order valence-corrected chi connectivity index (χ3v) is 8.16. The van der Waals surface area contributed by atoms with Gasteiger partial charge in [-0.25, -0.2) is 0 Å². The fourth-order valence-electron chi connectivity index (χ4n) is 0.929. The van der Waals surface area contributed by atoms with Gasteiger partial charge in [0.1, 0.15) is 0 Å². The summed E-state index contributed by atoms with van der Waals surface area (Å²) < 4.78 is 7.29. The second-order valence-corrected chi connectivity index (χ2v) is 12.4. The Labute approximate surface area is 49.3 Å². The first-order valence-electron chi connectivity index (χ1n) is 2.68. The van der Waals surface area contributed by atoms with Crippen LogP contribution in [0.15, 0.2) is 0 Å². The van der Waals surface area contributed by atoms with Gasteiger partial charge in [-0.3, -0.25) is 0 Å². The Morgan fingerprint density at radius 3 is 1.86 bits per heavy atom. The Balaban J connectivity index is 2.57. The van der Waals surface area contributed by atoms with Gasteiger partial charge in [-0.2, -0.15) is 0 Å². The normalized spacial score (nSPS) is 32.7. The van der Waals surface area contributed by atoms with Crippen LogP contribution in [0.4, 0.5) is 0 Å². The maximum atomic E-state index is 4.25. The van der Waals surface area contributed by atoms with E-state index in [1.807, 2.05) is 0 Å². The summed E-state index contributed by atoms with van der Waals surface area (Å²) in [7, 11) is 0. The molecule has 0 radical (unpaired) electrons. The van der Waals surface area contributed by atoms with Crippen LogP contribution in [0.3, 0.4) is 0 Å². The van der Waals surface area contributed by atoms with Gasteiger partial charge in [0.05, 0.1) is 0 Å². The molecule has 1 heterocycles. The quantitative estimate of drug-likeness (QED) is 0.425. The van der Waals surface area contributed by atoms with Crippen molar-refractivity contribution in [2.75, 3.05) is 13.8 Å². The Morgan fingerprint density at radius 2 is 1.71 bits per heavy atom. The van der Waals surface area contributed by atoms with E-state index in [-0.39, 0.29) is 0 Å². The van der Waals surface area contributed by atoms with Crippen LogP contribution < -0.4 is 0 Å². The zero-order valence-electron chi connectivity index (χ0n) is 4.91. The van der Waals surface area contributed by atoms with Crippen molar-refractivity contribution in [1.82, 2.24) is 0 Å². The van der Waals surface area contributed by atoms with Crippen LogP contribution in [-0.4, -0.2) is 18.3 Å². The van der Waals surface area contributed by atoms with Crippen LogP contribution in [0.1, 0.15) is 12.8 Å². The molecule has 0 aliphatic carbocycles. The average Bonchev–Trinajstić information content (AvgIpc) is 1.84. The second-order valence-electron chi connectivity index (χ2n) is 2.45. The molecule has 0 aromatic heterocycles. The molecule has 0 saturated carbocycles. The maximum absolute atomic E-state index is 4.25. The van der Waals surface area contributed by atoms with E-state index in [0.717, 1.165) is 0 Å². The van der Waals surface area contributed by atoms with Gasteiger partial charge in [-0.15, -0.1) is 0 Å². The van der Waals surface area contributed by atoms with Gasteiger partial charge >= 0.3 is 49.1 Å². The van der Waals surface area contributed by atoms with E-state index in [4.69, 9.17) is 0 Å². The standard InChI is InChI=1S/C6H13I/c1-7(2)5-3-4-6-7/h1,3-6H2,2H3. The molecule has 1 aliphatic heterocycles. The van der Waals surface area contributed by atoms with E-state index in [0.29, 0.717) is 0 Å². The van der Waals surface area contributed by atoms with Crippen molar-refractivity contribution in [3.63, 3.8) is 0 Å². The number of rotatable bonds is 0. The number of alkyl halides is 3. The van der Waals surface area contributed by atoms with E-state index < -0.39 is 18.0 Å². The van der Waals surface area contributed by atoms with Gasteiger partial charge in [-0.1, -0.05) is 0 Å². The summed E-state index contributed by atoms with van der Waals surface area (Å²) in [5, 5.41) is 0. The molecule has 0 nitrogen and oxygen atoms in total. The summed E-state index contributed by atoms with van der Waals surface area (Å²) in [4.78, 5) is 2.43. The van der Waals surface area contributed by atoms with Crippen molar-refractivity contribution in [3.05, 3.63) is 0 Å². The Kier molecular flexibility index (Phi) is 1.51. The molecule has 1 saturated heterocycles. The molecule has 44 valence electrons. The van der Waals surface area contributed by atoms with Crippen LogP contribution in [0, 0.1) is 0 Å². The predicted octanol–water partition coefficient (Wildman–Crippen LogP) is 1.88. The van der Waals surface area contributed by atoms with Crippen LogP contribution in [0.5, 0.6) is 0 Å². The summed E-state index contributed by atoms with van der Waals surface area (Å²) in [6.07, 6.45) is 2.97. The van der Waals surface area contributed by atoms with Crippen LogP contribution >= 0.6 is 18.0 Å². The molecule has 0 aromatic carbocycles. The monoisotopic (exact) mass is 212 g/mol. The molecule has 7 heavy (non-hydrogen) atoms. The van der Waals surface area contributed by atoms with Gasteiger partial charge in [0, 0.05) is 0 Å². The van der Waals surface area contributed by atoms with Gasteiger partial charge < -0.3 is 0 Å². The van der Waals surface area contributed by atoms with Gasteiger partial charge in [0.15, 0.2) is 0 Å². The molecule has 0 amide bonds. The molecule has 1 fully saturated rings. The fourth-order valence-corrected chi connectivity index (χ4v) is 6.23. The SMILES string of the molecule is C=I1(C)CCCC1. The van der Waals surface area contributed by atoms with E-state index in [2.05, 4.69) is 9.45 Å². The zero-order valence-corrected chi connectivity index (χ0v) is 7.07. The molecule has 1 aliphatic rings. The number of hydrogen-bond donors (Lipinski definition) is 0. The Bertz CT molecular complexity index is 94.7. The van der Waals surface area contributed by atoms with Crippen molar-refractivity contribution in [1.29, 1.82) is 0 Å². The molecule has 0 aromatic rings. The van der Waals surface area contributed by atoms with E-state index in [1.165, 1.54) is 21.7 Å². The third kappa shape index (κ3) is 1.52. The van der Waals surface area contributed by atoms with Gasteiger partial charge in [0.2, 0.25) is 0 Å². The molecule has 0 N–H and O–H groups in total. The van der Waals surface area contributed by atoms with E-state index >= 15 is 0 Å². The molecule has 0 unspecified atom stereocenters. The minimum absolute atomic E-state index is 1.16. The summed E-state index contributed by atoms with van der Waals surface area (Å²) in [6, 6.07) is 0. The zero-order chi connectivity index (χ0) is 5.33. The minimum atomic E-state index is -1.16. The molecule has 0 spiro atoms. The fraction of sp³-hybridized carbons (Fsp3) is 0.833. The van der Waals surface area contributed by atoms with Crippen molar-refractivity contribution >= 4 is 22.5 Å². The van der Waals surface area contributed by atoms with Crippen molar-refractivity contribution in [3.8, 4) is 0 Å². The van der Waals surface area contributed by atoms with Crippen molar-refractivity contribution in [2.45, 2.75) is 12.8 Å². The summed E-state index contributed by atoms with van der Waals surface area (Å²) in [6.45, 7) is 0. The first-order valence-corrected chi connectivity index (χ1v) is 9.41. The first-order chi connectivity index (χ1) is 3.21. The summed E-state index contributed by atoms with van der Waals surface area (Å²) in [5.74, 6) is 0. The first kappa shape index (κ1) is 5.73. The molecule has 0 atom stereocenters. The van der Waals surface area contributed by atoms with Crippen LogP contribution in [0.25, 0.3) is 0 Å². The summed E-state index contributed by atoms with van der Waals surface area (Å²) in [5.41, 5.74) is 0. The van der Waals surface area contributed by atoms with Crippen LogP contribution in [-0.2, 0) is 0 Å². The number of hydrogen-bond acceptors (Lipinski definition) is 0. The Morgan fingerprint density at radius 1 is 1.29 bits per heavy atom. The topological polar surface area (TPSA) is 0 Å². The number of halogens is 1. The van der Waals surface area contributed by atoms with Crippen molar-refractivity contribution < 1.29 is 0 Å². The van der Waals surface area contributed by atoms with Crippen molar-refractivity contribution in [2.24, 2.45) is 0 Å². The second kappa shape index (κ2) is 1.84. The average molecular weight is 212 g/mol.